The fourth-order valence-corrected chi connectivity index (χ4v) is 3.31. The van der Waals surface area contributed by atoms with Crippen LogP contribution in [0.3, 0.4) is 0 Å². The Morgan fingerprint density at radius 2 is 1.79 bits per heavy atom. The van der Waals surface area contributed by atoms with E-state index in [9.17, 15) is 4.79 Å². The number of anilines is 1. The van der Waals surface area contributed by atoms with Gasteiger partial charge in [0.1, 0.15) is 18.1 Å². The van der Waals surface area contributed by atoms with Crippen LogP contribution in [-0.2, 0) is 6.61 Å². The average molecular weight is 454 g/mol. The predicted molar refractivity (Wildman–Crippen MR) is 135 cm³/mol. The quantitative estimate of drug-likeness (QED) is 0.297. The molecule has 2 N–H and O–H groups in total. The minimum Gasteiger partial charge on any atom is -0.488 e. The lowest BCUT2D eigenvalue weighted by Gasteiger charge is -2.11. The summed E-state index contributed by atoms with van der Waals surface area (Å²) >= 11 is 0. The van der Waals surface area contributed by atoms with Gasteiger partial charge in [0.15, 0.2) is 0 Å². The molecule has 0 radical (unpaired) electrons. The number of hydrazone groups is 1. The van der Waals surface area contributed by atoms with Crippen molar-refractivity contribution in [3.8, 4) is 17.0 Å². The molecule has 0 spiro atoms. The Morgan fingerprint density at radius 3 is 2.53 bits per heavy atom. The van der Waals surface area contributed by atoms with E-state index in [4.69, 9.17) is 4.74 Å². The third-order valence-electron chi connectivity index (χ3n) is 5.29. The first kappa shape index (κ1) is 22.8. The van der Waals surface area contributed by atoms with Crippen LogP contribution in [0.1, 0.15) is 27.2 Å². The van der Waals surface area contributed by atoms with E-state index in [2.05, 4.69) is 39.8 Å². The zero-order valence-electron chi connectivity index (χ0n) is 19.4. The Kier molecular flexibility index (Phi) is 7.03. The van der Waals surface area contributed by atoms with Crippen molar-refractivity contribution in [1.82, 2.24) is 15.6 Å². The largest absolute Gasteiger partial charge is 0.488 e. The first-order chi connectivity index (χ1) is 16.5. The second kappa shape index (κ2) is 10.5. The SMILES string of the molecule is Cc1ccc(COc2ccccc2-c2cc(C(=O)N/N=C\c3ccc(N(C)C)cc3)[nH]n2)cc1. The Bertz CT molecular complexity index is 1280. The molecule has 34 heavy (non-hydrogen) atoms. The van der Waals surface area contributed by atoms with Crippen LogP contribution in [0.2, 0.25) is 0 Å². The molecule has 0 bridgehead atoms. The number of nitrogens with zero attached hydrogens (tertiary/aromatic N) is 3. The maximum Gasteiger partial charge on any atom is 0.289 e. The van der Waals surface area contributed by atoms with Gasteiger partial charge in [-0.3, -0.25) is 9.89 Å². The molecule has 3 aromatic carbocycles. The molecule has 0 fully saturated rings. The van der Waals surface area contributed by atoms with Crippen molar-refractivity contribution in [2.75, 3.05) is 19.0 Å². The van der Waals surface area contributed by atoms with Crippen LogP contribution < -0.4 is 15.1 Å². The second-order valence-corrected chi connectivity index (χ2v) is 8.12. The van der Waals surface area contributed by atoms with Gasteiger partial charge in [0, 0.05) is 25.3 Å². The summed E-state index contributed by atoms with van der Waals surface area (Å²) in [6, 6.07) is 25.4. The maximum atomic E-state index is 12.5. The number of para-hydroxylation sites is 1. The first-order valence-electron chi connectivity index (χ1n) is 10.9. The number of hydrogen-bond acceptors (Lipinski definition) is 5. The van der Waals surface area contributed by atoms with Gasteiger partial charge in [0.25, 0.3) is 5.91 Å². The smallest absolute Gasteiger partial charge is 0.289 e. The van der Waals surface area contributed by atoms with E-state index in [1.165, 1.54) is 5.56 Å². The molecule has 1 aromatic heterocycles. The monoisotopic (exact) mass is 453 g/mol. The first-order valence-corrected chi connectivity index (χ1v) is 10.9. The molecule has 172 valence electrons. The molecular weight excluding hydrogens is 426 g/mol. The minimum absolute atomic E-state index is 0.309. The highest BCUT2D eigenvalue weighted by Gasteiger charge is 2.14. The summed E-state index contributed by atoms with van der Waals surface area (Å²) in [4.78, 5) is 14.5. The summed E-state index contributed by atoms with van der Waals surface area (Å²) in [5.74, 6) is 0.318. The number of aromatic nitrogens is 2. The van der Waals surface area contributed by atoms with E-state index in [0.717, 1.165) is 22.4 Å². The van der Waals surface area contributed by atoms with Gasteiger partial charge in [-0.25, -0.2) is 5.43 Å². The van der Waals surface area contributed by atoms with Crippen LogP contribution in [-0.4, -0.2) is 36.4 Å². The number of amides is 1. The van der Waals surface area contributed by atoms with Crippen molar-refractivity contribution >= 4 is 17.8 Å². The van der Waals surface area contributed by atoms with Gasteiger partial charge in [0.05, 0.1) is 11.9 Å². The summed E-state index contributed by atoms with van der Waals surface area (Å²) in [5.41, 5.74) is 8.52. The van der Waals surface area contributed by atoms with Gasteiger partial charge in [-0.15, -0.1) is 0 Å². The topological polar surface area (TPSA) is 82.6 Å². The lowest BCUT2D eigenvalue weighted by Crippen LogP contribution is -2.18. The number of aromatic amines is 1. The molecule has 1 heterocycles. The van der Waals surface area contributed by atoms with Gasteiger partial charge < -0.3 is 9.64 Å². The number of aryl methyl sites for hydroxylation is 1. The molecule has 0 saturated carbocycles. The Morgan fingerprint density at radius 1 is 1.06 bits per heavy atom. The highest BCUT2D eigenvalue weighted by atomic mass is 16.5. The van der Waals surface area contributed by atoms with Crippen LogP contribution in [0.5, 0.6) is 5.75 Å². The zero-order valence-corrected chi connectivity index (χ0v) is 19.4. The maximum absolute atomic E-state index is 12.5. The Labute approximate surface area is 199 Å². The molecule has 7 nitrogen and oxygen atoms in total. The van der Waals surface area contributed by atoms with E-state index >= 15 is 0 Å². The van der Waals surface area contributed by atoms with E-state index in [-0.39, 0.29) is 5.91 Å². The van der Waals surface area contributed by atoms with E-state index < -0.39 is 0 Å². The molecule has 4 rings (SSSR count). The van der Waals surface area contributed by atoms with E-state index in [1.54, 1.807) is 12.3 Å². The number of carbonyl (C=O) groups excluding carboxylic acids is 1. The summed E-state index contributed by atoms with van der Waals surface area (Å²) in [6.45, 7) is 2.50. The molecule has 0 aliphatic heterocycles. The second-order valence-electron chi connectivity index (χ2n) is 8.12. The van der Waals surface area contributed by atoms with Crippen molar-refractivity contribution in [3.05, 3.63) is 101 Å². The number of carbonyl (C=O) groups is 1. The summed E-state index contributed by atoms with van der Waals surface area (Å²) in [6.07, 6.45) is 1.60. The number of H-pyrrole nitrogens is 1. The van der Waals surface area contributed by atoms with E-state index in [0.29, 0.717) is 23.7 Å². The van der Waals surface area contributed by atoms with Crippen LogP contribution in [0.15, 0.2) is 84.0 Å². The van der Waals surface area contributed by atoms with Crippen LogP contribution in [0.4, 0.5) is 5.69 Å². The molecule has 7 heteroatoms. The number of nitrogens with one attached hydrogen (secondary N) is 2. The summed E-state index contributed by atoms with van der Waals surface area (Å²) in [7, 11) is 3.97. The van der Waals surface area contributed by atoms with Gasteiger partial charge in [-0.05, 0) is 48.4 Å². The molecule has 4 aromatic rings. The highest BCUT2D eigenvalue weighted by molar-refractivity contribution is 5.94. The van der Waals surface area contributed by atoms with Gasteiger partial charge >= 0.3 is 0 Å². The lowest BCUT2D eigenvalue weighted by atomic mass is 10.1. The minimum atomic E-state index is -0.377. The molecular formula is C27H27N5O2. The normalized spacial score (nSPS) is 10.9. The number of hydrogen-bond donors (Lipinski definition) is 2. The van der Waals surface area contributed by atoms with Crippen molar-refractivity contribution in [2.45, 2.75) is 13.5 Å². The fourth-order valence-electron chi connectivity index (χ4n) is 3.31. The molecule has 0 aliphatic rings. The van der Waals surface area contributed by atoms with Crippen LogP contribution in [0.25, 0.3) is 11.3 Å². The van der Waals surface area contributed by atoms with Crippen molar-refractivity contribution < 1.29 is 9.53 Å². The van der Waals surface area contributed by atoms with Gasteiger partial charge in [-0.2, -0.15) is 10.2 Å². The standard InChI is InChI=1S/C27H27N5O2/c1-19-8-10-21(11-9-19)18-34-26-7-5-4-6-23(26)24-16-25(30-29-24)27(33)31-28-17-20-12-14-22(15-13-20)32(2)3/h4-17H,18H2,1-3H3,(H,29,30)(H,31,33)/b28-17-. The average Bonchev–Trinajstić information content (AvgIpc) is 3.34. The van der Waals surface area contributed by atoms with E-state index in [1.807, 2.05) is 79.7 Å². The van der Waals surface area contributed by atoms with Crippen molar-refractivity contribution in [2.24, 2.45) is 5.10 Å². The van der Waals surface area contributed by atoms with Gasteiger partial charge in [-0.1, -0.05) is 54.1 Å². The summed E-state index contributed by atoms with van der Waals surface area (Å²) in [5, 5.41) is 11.1. The lowest BCUT2D eigenvalue weighted by molar-refractivity contribution is 0.0950. The third-order valence-corrected chi connectivity index (χ3v) is 5.29. The number of benzene rings is 3. The molecule has 0 saturated heterocycles. The molecule has 0 unspecified atom stereocenters. The van der Waals surface area contributed by atoms with Crippen LogP contribution >= 0.6 is 0 Å². The van der Waals surface area contributed by atoms with Crippen LogP contribution in [0, 0.1) is 6.92 Å². The predicted octanol–water partition coefficient (Wildman–Crippen LogP) is 4.79. The number of rotatable bonds is 8. The Hall–Kier alpha value is -4.39. The van der Waals surface area contributed by atoms with Crippen molar-refractivity contribution in [1.29, 1.82) is 0 Å². The third kappa shape index (κ3) is 5.69. The molecule has 1 amide bonds. The van der Waals surface area contributed by atoms with Crippen molar-refractivity contribution in [3.63, 3.8) is 0 Å². The number of ether oxygens (including phenoxy) is 1. The molecule has 0 aliphatic carbocycles. The fraction of sp³-hybridized carbons (Fsp3) is 0.148. The molecule has 0 atom stereocenters. The highest BCUT2D eigenvalue weighted by Crippen LogP contribution is 2.29. The Balaban J connectivity index is 1.40. The zero-order chi connectivity index (χ0) is 23.9. The summed E-state index contributed by atoms with van der Waals surface area (Å²) < 4.78 is 6.04. The van der Waals surface area contributed by atoms with Gasteiger partial charge in [0.2, 0.25) is 0 Å².